The van der Waals surface area contributed by atoms with Crippen molar-refractivity contribution in [1.29, 1.82) is 0 Å². The average Bonchev–Trinajstić information content (AvgIpc) is 1.67. The molecule has 6 unspecified atom stereocenters. The number of hydrogen-bond acceptors (Lipinski definition) is 20. The SMILES string of the molecule is OCC1O[C@@H](Sc2c(F)c(F)c(C(=C3C=CC=N3)c3ccc[n]3[Ga]([n]3cccc3C(=C3C=CC=N3)c3c(F)c(F)c(S[C@@H]4OC(CO)[C@H](O)[C@H](O)C4O)c(F)c3F)[n]3cccc3C(=C3C=CC=N3)c3c(F)c(F)c(S[C@@H]4OC(CO)[C@H](O)[C@H](O)C4O)c(F)c3F)c(F)c2F)C(O)C[C@H]1O. The third-order valence-electron chi connectivity index (χ3n) is 16.8. The summed E-state index contributed by atoms with van der Waals surface area (Å²) in [5.74, 6) is -25.5. The molecule has 3 fully saturated rings. The molecule has 6 aromatic rings. The van der Waals surface area contributed by atoms with Crippen LogP contribution >= 0.6 is 35.3 Å². The molecule has 0 spiro atoms. The van der Waals surface area contributed by atoms with Crippen LogP contribution in [0.25, 0.3) is 16.7 Å². The maximum absolute atomic E-state index is 17.5. The third kappa shape index (κ3) is 12.8. The van der Waals surface area contributed by atoms with E-state index in [9.17, 15) is 56.2 Å². The molecule has 9 heterocycles. The molecular formula is C63H51F12GaN6O14S3. The number of hydrogen-bond donors (Lipinski definition) is 11. The van der Waals surface area contributed by atoms with Gasteiger partial charge in [0.15, 0.2) is 0 Å². The molecule has 11 N–H and O–H groups in total. The second-order valence-corrected chi connectivity index (χ2v) is 30.9. The Morgan fingerprint density at radius 3 is 0.970 bits per heavy atom. The first-order chi connectivity index (χ1) is 47.3. The van der Waals surface area contributed by atoms with E-state index >= 15 is 52.7 Å². The zero-order valence-corrected chi connectivity index (χ0v) is 54.8. The summed E-state index contributed by atoms with van der Waals surface area (Å²) in [4.78, 5) is 8.31. The fraction of sp³-hybridized carbons (Fsp3) is 0.286. The van der Waals surface area contributed by atoms with Crippen molar-refractivity contribution in [2.75, 3.05) is 19.8 Å². The number of thioether (sulfide) groups is 3. The molecule has 0 radical (unpaired) electrons. The van der Waals surface area contributed by atoms with Gasteiger partial charge in [0.2, 0.25) is 0 Å². The molecular weight excluding hydrogens is 1460 g/mol. The molecule has 3 saturated heterocycles. The van der Waals surface area contributed by atoms with Crippen LogP contribution in [0.3, 0.4) is 0 Å². The molecule has 36 heteroatoms. The van der Waals surface area contributed by atoms with Crippen molar-refractivity contribution in [3.63, 3.8) is 0 Å². The summed E-state index contributed by atoms with van der Waals surface area (Å²) in [5, 5.41) is 114. The molecule has 0 bridgehead atoms. The molecule has 0 amide bonds. The predicted molar refractivity (Wildman–Crippen MR) is 333 cm³/mol. The number of ether oxygens (including phenoxy) is 3. The molecule has 6 aliphatic rings. The Morgan fingerprint density at radius 2 is 0.687 bits per heavy atom. The first-order valence-corrected chi connectivity index (χ1v) is 35.4. The molecule has 99 heavy (non-hydrogen) atoms. The first kappa shape index (κ1) is 72.0. The van der Waals surface area contributed by atoms with Crippen LogP contribution in [0.15, 0.2) is 138 Å². The molecule has 522 valence electrons. The Balaban J connectivity index is 1.08. The van der Waals surface area contributed by atoms with Crippen LogP contribution in [-0.2, 0) is 14.2 Å². The van der Waals surface area contributed by atoms with Gasteiger partial charge in [0.05, 0.1) is 0 Å². The molecule has 3 aromatic carbocycles. The van der Waals surface area contributed by atoms with E-state index < -0.39 is 279 Å². The summed E-state index contributed by atoms with van der Waals surface area (Å²) in [5.41, 5.74) is -15.2. The molecule has 14 atom stereocenters. The fourth-order valence-corrected chi connectivity index (χ4v) is 21.5. The Hall–Kier alpha value is -6.76. The van der Waals surface area contributed by atoms with Gasteiger partial charge in [0, 0.05) is 0 Å². The number of aromatic nitrogens is 3. The van der Waals surface area contributed by atoms with Crippen LogP contribution in [0, 0.1) is 69.8 Å². The van der Waals surface area contributed by atoms with Gasteiger partial charge in [0.25, 0.3) is 0 Å². The Kier molecular flexibility index (Phi) is 21.3. The van der Waals surface area contributed by atoms with E-state index in [0.717, 1.165) is 55.1 Å². The molecule has 20 nitrogen and oxygen atoms in total. The number of aliphatic hydroxyl groups excluding tert-OH is 11. The van der Waals surface area contributed by atoms with Gasteiger partial charge in [-0.05, 0) is 0 Å². The van der Waals surface area contributed by atoms with E-state index in [0.29, 0.717) is 0 Å². The number of allylic oxidation sites excluding steroid dienone is 6. The Morgan fingerprint density at radius 1 is 0.394 bits per heavy atom. The zero-order valence-electron chi connectivity index (χ0n) is 50.0. The number of halogens is 12. The van der Waals surface area contributed by atoms with Crippen LogP contribution < -0.4 is 0 Å². The van der Waals surface area contributed by atoms with Crippen LogP contribution in [0.1, 0.15) is 40.2 Å². The van der Waals surface area contributed by atoms with Crippen LogP contribution in [0.4, 0.5) is 52.7 Å². The third-order valence-corrected chi connectivity index (χ3v) is 26.5. The van der Waals surface area contributed by atoms with E-state index in [2.05, 4.69) is 15.0 Å². The predicted octanol–water partition coefficient (Wildman–Crippen LogP) is 5.60. The van der Waals surface area contributed by atoms with Gasteiger partial charge in [-0.3, -0.25) is 0 Å². The van der Waals surface area contributed by atoms with Gasteiger partial charge in [-0.25, -0.2) is 0 Å². The summed E-state index contributed by atoms with van der Waals surface area (Å²) in [6.07, 6.45) is -6.87. The van der Waals surface area contributed by atoms with Gasteiger partial charge in [-0.15, -0.1) is 0 Å². The van der Waals surface area contributed by atoms with E-state index in [-0.39, 0.29) is 35.3 Å². The summed E-state index contributed by atoms with van der Waals surface area (Å²) < 4.78 is 226. The van der Waals surface area contributed by atoms with Gasteiger partial charge in [0.1, 0.15) is 0 Å². The molecule has 0 saturated carbocycles. The van der Waals surface area contributed by atoms with Crippen molar-refractivity contribution >= 4 is 87.6 Å². The monoisotopic (exact) mass is 1510 g/mol. The van der Waals surface area contributed by atoms with Crippen LogP contribution in [-0.4, -0.2) is 205 Å². The van der Waals surface area contributed by atoms with Crippen LogP contribution in [0.2, 0.25) is 0 Å². The number of aliphatic hydroxyl groups is 11. The van der Waals surface area contributed by atoms with Crippen molar-refractivity contribution in [1.82, 2.24) is 9.82 Å². The second-order valence-electron chi connectivity index (χ2n) is 22.7. The van der Waals surface area contributed by atoms with Gasteiger partial charge in [-0.2, -0.15) is 0 Å². The Labute approximate surface area is 569 Å². The van der Waals surface area contributed by atoms with Crippen molar-refractivity contribution in [2.24, 2.45) is 15.0 Å². The summed E-state index contributed by atoms with van der Waals surface area (Å²) in [6.45, 7) is -2.87. The second kappa shape index (κ2) is 29.3. The normalized spacial score (nSPS) is 28.2. The van der Waals surface area contributed by atoms with Gasteiger partial charge >= 0.3 is 541 Å². The summed E-state index contributed by atoms with van der Waals surface area (Å²) in [6, 6.07) is 7.08. The first-order valence-electron chi connectivity index (χ1n) is 29.5. The van der Waals surface area contributed by atoms with Crippen molar-refractivity contribution < 1.29 is 123 Å². The minimum absolute atomic E-state index is 0.0285. The number of rotatable bonds is 18. The number of benzene rings is 3. The van der Waals surface area contributed by atoms with Gasteiger partial charge in [-0.1, -0.05) is 0 Å². The Bertz CT molecular complexity index is 4170. The van der Waals surface area contributed by atoms with E-state index in [1.165, 1.54) is 64.8 Å². The minimum Gasteiger partial charge on any atom is -0.390 e. The smallest absolute Gasteiger partial charge is 0.390 e. The average molecular weight is 1510 g/mol. The van der Waals surface area contributed by atoms with E-state index in [1.54, 1.807) is 0 Å². The summed E-state index contributed by atoms with van der Waals surface area (Å²) in [7, 11) is 0. The van der Waals surface area contributed by atoms with Crippen molar-refractivity contribution in [3.8, 4) is 0 Å². The fourth-order valence-electron chi connectivity index (χ4n) is 11.9. The minimum atomic E-state index is -5.33. The zero-order chi connectivity index (χ0) is 70.9. The molecule has 6 aliphatic heterocycles. The quantitative estimate of drug-likeness (QED) is 0.0284. The number of aliphatic imine (C=N–C) groups is 3. The maximum atomic E-state index is 17.5. The number of nitrogens with zero attached hydrogens (tertiary/aromatic N) is 6. The van der Waals surface area contributed by atoms with Crippen LogP contribution in [0.5, 0.6) is 0 Å². The molecule has 12 rings (SSSR count). The van der Waals surface area contributed by atoms with Crippen molar-refractivity contribution in [3.05, 3.63) is 212 Å². The van der Waals surface area contributed by atoms with Gasteiger partial charge < -0.3 is 30.6 Å². The molecule has 3 aromatic heterocycles. The van der Waals surface area contributed by atoms with Crippen molar-refractivity contribution in [2.45, 2.75) is 105 Å². The van der Waals surface area contributed by atoms with E-state index in [1.807, 2.05) is 0 Å². The standard InChI is InChI=1S/2C21H17F4N2O5S.C21H17F4N2O4S.Ga/c2*22-13-12(11(8-3-1-5-26-8)9-4-2-6-27-9)14(23)16(25)20(15(13)24)33-21-19(31)18(30)17(29)10(7-28)32-21;22-16-15(14(9-3-1-5-26-9)10-4-2-6-27-10)17(23)19(25)20(18(16)24)32-21-12(30)7-11(29)13(8-28)31-21;/h2*1-6,10,17-19,21,28-31H,7H2;1-6,11-13,21,28-30H,7-8H2;/q3*-1;+3/t2*10?,17-,18-,19?,21-;11-,12?,13?,21+;/m001./s1. The molecule has 0 aliphatic carbocycles. The summed E-state index contributed by atoms with van der Waals surface area (Å²) >= 11 is -5.71. The topological polar surface area (TPSA) is 302 Å². The van der Waals surface area contributed by atoms with E-state index in [4.69, 9.17) is 14.2 Å².